The van der Waals surface area contributed by atoms with Crippen molar-refractivity contribution in [1.82, 2.24) is 0 Å². The van der Waals surface area contributed by atoms with Gasteiger partial charge in [0.2, 0.25) is 0 Å². The van der Waals surface area contributed by atoms with Crippen LogP contribution in [0.15, 0.2) is 42.5 Å². The van der Waals surface area contributed by atoms with Crippen LogP contribution >= 0.6 is 0 Å². The van der Waals surface area contributed by atoms with E-state index in [1.165, 1.54) is 19.2 Å². The zero-order chi connectivity index (χ0) is 16.8. The van der Waals surface area contributed by atoms with Crippen molar-refractivity contribution in [3.8, 4) is 11.5 Å². The third kappa shape index (κ3) is 4.47. The highest BCUT2D eigenvalue weighted by Gasteiger charge is 2.12. The molecule has 0 aliphatic heterocycles. The average Bonchev–Trinajstić information content (AvgIpc) is 2.54. The van der Waals surface area contributed by atoms with Crippen molar-refractivity contribution in [3.05, 3.63) is 53.6 Å². The molecule has 0 aliphatic rings. The molecule has 0 bridgehead atoms. The number of hydrogen-bond acceptors (Lipinski definition) is 4. The molecule has 0 radical (unpaired) electrons. The van der Waals surface area contributed by atoms with Gasteiger partial charge in [0.1, 0.15) is 11.5 Å². The number of carboxylic acids is 1. The number of carbonyl (C=O) groups is 2. The summed E-state index contributed by atoms with van der Waals surface area (Å²) in [6, 6.07) is 11.3. The van der Waals surface area contributed by atoms with Gasteiger partial charge in [-0.25, -0.2) is 0 Å². The smallest absolute Gasteiger partial charge is 0.303 e. The summed E-state index contributed by atoms with van der Waals surface area (Å²) in [5.74, 6) is -0.978. The highest BCUT2D eigenvalue weighted by molar-refractivity contribution is 6.06. The van der Waals surface area contributed by atoms with Crippen LogP contribution < -0.4 is 10.1 Å². The van der Waals surface area contributed by atoms with Crippen LogP contribution in [0.4, 0.5) is 5.69 Å². The summed E-state index contributed by atoms with van der Waals surface area (Å²) in [7, 11) is 1.48. The molecule has 0 spiro atoms. The normalized spacial score (nSPS) is 10.1. The number of nitrogens with one attached hydrogen (secondary N) is 1. The molecule has 2 aromatic carbocycles. The van der Waals surface area contributed by atoms with Gasteiger partial charge in [-0.1, -0.05) is 12.1 Å². The Morgan fingerprint density at radius 3 is 2.43 bits per heavy atom. The van der Waals surface area contributed by atoms with Gasteiger partial charge in [-0.2, -0.15) is 0 Å². The first-order valence-corrected chi connectivity index (χ1v) is 6.98. The van der Waals surface area contributed by atoms with Crippen LogP contribution in [-0.2, 0) is 11.2 Å². The van der Waals surface area contributed by atoms with E-state index in [9.17, 15) is 14.7 Å². The third-order valence-electron chi connectivity index (χ3n) is 3.29. The molecule has 6 nitrogen and oxygen atoms in total. The molecular weight excluding hydrogens is 298 g/mol. The number of benzene rings is 2. The minimum absolute atomic E-state index is 0.0589. The quantitative estimate of drug-likeness (QED) is 0.761. The molecule has 0 heterocycles. The fourth-order valence-corrected chi connectivity index (χ4v) is 2.03. The maximum absolute atomic E-state index is 12.2. The highest BCUT2D eigenvalue weighted by atomic mass is 16.5. The fraction of sp³-hybridized carbons (Fsp3) is 0.176. The number of amides is 1. The Kier molecular flexibility index (Phi) is 5.19. The van der Waals surface area contributed by atoms with Crippen molar-refractivity contribution in [2.24, 2.45) is 0 Å². The second-order valence-electron chi connectivity index (χ2n) is 4.93. The van der Waals surface area contributed by atoms with Crippen molar-refractivity contribution >= 4 is 17.6 Å². The zero-order valence-electron chi connectivity index (χ0n) is 12.6. The summed E-state index contributed by atoms with van der Waals surface area (Å²) >= 11 is 0. The molecule has 0 saturated carbocycles. The molecule has 0 saturated heterocycles. The molecule has 0 atom stereocenters. The molecular formula is C17H17NO5. The van der Waals surface area contributed by atoms with Gasteiger partial charge in [-0.3, -0.25) is 9.59 Å². The molecule has 6 heteroatoms. The Hall–Kier alpha value is -3.02. The van der Waals surface area contributed by atoms with Gasteiger partial charge in [0.15, 0.2) is 0 Å². The number of methoxy groups -OCH3 is 1. The second kappa shape index (κ2) is 7.31. The molecule has 3 N–H and O–H groups in total. The van der Waals surface area contributed by atoms with Crippen LogP contribution in [0, 0.1) is 0 Å². The molecule has 1 amide bonds. The monoisotopic (exact) mass is 315 g/mol. The first-order valence-electron chi connectivity index (χ1n) is 6.98. The molecule has 2 aromatic rings. The van der Waals surface area contributed by atoms with E-state index >= 15 is 0 Å². The van der Waals surface area contributed by atoms with E-state index in [-0.39, 0.29) is 17.7 Å². The van der Waals surface area contributed by atoms with Gasteiger partial charge in [-0.05, 0) is 42.3 Å². The first kappa shape index (κ1) is 16.4. The van der Waals surface area contributed by atoms with E-state index in [0.717, 1.165) is 5.56 Å². The van der Waals surface area contributed by atoms with Crippen molar-refractivity contribution in [1.29, 1.82) is 0 Å². The standard InChI is InChI=1S/C17H17NO5/c1-23-13-7-8-15(19)14(10-13)17(22)18-12-5-2-11(3-6-12)4-9-16(20)21/h2-3,5-8,10,19H,4,9H2,1H3,(H,18,22)(H,20,21). The van der Waals surface area contributed by atoms with Gasteiger partial charge in [0, 0.05) is 12.1 Å². The summed E-state index contributed by atoms with van der Waals surface area (Å²) in [6.45, 7) is 0. The molecule has 120 valence electrons. The Morgan fingerprint density at radius 1 is 1.13 bits per heavy atom. The lowest BCUT2D eigenvalue weighted by Crippen LogP contribution is -2.12. The Labute approximate surface area is 133 Å². The number of phenols is 1. The van der Waals surface area contributed by atoms with Crippen molar-refractivity contribution < 1.29 is 24.5 Å². The molecule has 0 aliphatic carbocycles. The summed E-state index contributed by atoms with van der Waals surface area (Å²) < 4.78 is 5.03. The Bertz CT molecular complexity index is 709. The maximum Gasteiger partial charge on any atom is 0.303 e. The number of ether oxygens (including phenoxy) is 1. The summed E-state index contributed by atoms with van der Waals surface area (Å²) in [4.78, 5) is 22.7. The number of hydrogen-bond donors (Lipinski definition) is 3. The van der Waals surface area contributed by atoms with E-state index in [2.05, 4.69) is 5.32 Å². The van der Waals surface area contributed by atoms with E-state index in [1.54, 1.807) is 30.3 Å². The van der Waals surface area contributed by atoms with Gasteiger partial charge < -0.3 is 20.3 Å². The molecule has 2 rings (SSSR count). The lowest BCUT2D eigenvalue weighted by molar-refractivity contribution is -0.136. The van der Waals surface area contributed by atoms with E-state index in [0.29, 0.717) is 17.9 Å². The lowest BCUT2D eigenvalue weighted by atomic mass is 10.1. The van der Waals surface area contributed by atoms with Crippen LogP contribution in [0.1, 0.15) is 22.3 Å². The number of carbonyl (C=O) groups excluding carboxylic acids is 1. The average molecular weight is 315 g/mol. The largest absolute Gasteiger partial charge is 0.507 e. The SMILES string of the molecule is COc1ccc(O)c(C(=O)Nc2ccc(CCC(=O)O)cc2)c1. The van der Waals surface area contributed by atoms with Gasteiger partial charge in [0.25, 0.3) is 5.91 Å². The Morgan fingerprint density at radius 2 is 1.83 bits per heavy atom. The Balaban J connectivity index is 2.07. The first-order chi connectivity index (χ1) is 11.0. The predicted molar refractivity (Wildman–Crippen MR) is 85.0 cm³/mol. The van der Waals surface area contributed by atoms with Crippen molar-refractivity contribution in [3.63, 3.8) is 0 Å². The number of rotatable bonds is 6. The van der Waals surface area contributed by atoms with E-state index in [4.69, 9.17) is 9.84 Å². The lowest BCUT2D eigenvalue weighted by Gasteiger charge is -2.09. The molecule has 0 fully saturated rings. The number of aryl methyl sites for hydroxylation is 1. The zero-order valence-corrected chi connectivity index (χ0v) is 12.6. The van der Waals surface area contributed by atoms with Gasteiger partial charge in [0.05, 0.1) is 12.7 Å². The third-order valence-corrected chi connectivity index (χ3v) is 3.29. The number of anilines is 1. The second-order valence-corrected chi connectivity index (χ2v) is 4.93. The maximum atomic E-state index is 12.2. The summed E-state index contributed by atoms with van der Waals surface area (Å²) in [5, 5.41) is 21.1. The predicted octanol–water partition coefficient (Wildman–Crippen LogP) is 2.67. The van der Waals surface area contributed by atoms with Gasteiger partial charge in [-0.15, -0.1) is 0 Å². The van der Waals surface area contributed by atoms with Crippen molar-refractivity contribution in [2.75, 3.05) is 12.4 Å². The minimum Gasteiger partial charge on any atom is -0.507 e. The van der Waals surface area contributed by atoms with Crippen LogP contribution in [0.3, 0.4) is 0 Å². The number of phenolic OH excluding ortho intramolecular Hbond substituents is 1. The summed E-state index contributed by atoms with van der Waals surface area (Å²) in [5.41, 5.74) is 1.53. The topological polar surface area (TPSA) is 95.9 Å². The number of aromatic hydroxyl groups is 1. The number of carboxylic acid groups (broad SMARTS) is 1. The van der Waals surface area contributed by atoms with Crippen LogP contribution in [0.2, 0.25) is 0 Å². The van der Waals surface area contributed by atoms with E-state index in [1.807, 2.05) is 0 Å². The minimum atomic E-state index is -0.851. The molecule has 0 unspecified atom stereocenters. The molecule has 0 aromatic heterocycles. The summed E-state index contributed by atoms with van der Waals surface area (Å²) in [6.07, 6.45) is 0.490. The number of aliphatic carboxylic acids is 1. The van der Waals surface area contributed by atoms with E-state index < -0.39 is 11.9 Å². The fourth-order valence-electron chi connectivity index (χ4n) is 2.03. The molecule has 23 heavy (non-hydrogen) atoms. The highest BCUT2D eigenvalue weighted by Crippen LogP contribution is 2.24. The van der Waals surface area contributed by atoms with Crippen LogP contribution in [-0.4, -0.2) is 29.2 Å². The van der Waals surface area contributed by atoms with Gasteiger partial charge >= 0.3 is 5.97 Å². The van der Waals surface area contributed by atoms with Crippen LogP contribution in [0.5, 0.6) is 11.5 Å². The van der Waals surface area contributed by atoms with Crippen molar-refractivity contribution in [2.45, 2.75) is 12.8 Å². The van der Waals surface area contributed by atoms with Crippen LogP contribution in [0.25, 0.3) is 0 Å².